The van der Waals surface area contributed by atoms with Crippen molar-refractivity contribution in [1.82, 2.24) is 0 Å². The predicted molar refractivity (Wildman–Crippen MR) is 62.4 cm³/mol. The van der Waals surface area contributed by atoms with Crippen LogP contribution in [0.5, 0.6) is 0 Å². The minimum atomic E-state index is 0.260. The maximum absolute atomic E-state index is 11.1. The van der Waals surface area contributed by atoms with Crippen LogP contribution in [0.4, 0.5) is 0 Å². The molecule has 0 saturated carbocycles. The quantitative estimate of drug-likeness (QED) is 0.534. The zero-order valence-corrected chi connectivity index (χ0v) is 10.3. The van der Waals surface area contributed by atoms with Gasteiger partial charge in [0, 0.05) is 5.92 Å². The summed E-state index contributed by atoms with van der Waals surface area (Å²) in [6, 6.07) is 0. The van der Waals surface area contributed by atoms with Gasteiger partial charge in [0.1, 0.15) is 5.78 Å². The van der Waals surface area contributed by atoms with Gasteiger partial charge in [0.05, 0.1) is 0 Å². The second kappa shape index (κ2) is 8.02. The molecule has 0 aliphatic heterocycles. The standard InChI is InChI=1S/C13H26O/c1-5-6-7-8-9-11(2)10-12(3)13(4)14/h11-12H,5-10H2,1-4H3. The highest BCUT2D eigenvalue weighted by atomic mass is 16.1. The molecule has 1 nitrogen and oxygen atoms in total. The Morgan fingerprint density at radius 3 is 2.29 bits per heavy atom. The van der Waals surface area contributed by atoms with E-state index in [2.05, 4.69) is 13.8 Å². The first-order valence-electron chi connectivity index (χ1n) is 6.08. The Morgan fingerprint density at radius 1 is 1.14 bits per heavy atom. The van der Waals surface area contributed by atoms with Gasteiger partial charge in [-0.2, -0.15) is 0 Å². The van der Waals surface area contributed by atoms with Gasteiger partial charge in [-0.25, -0.2) is 0 Å². The Kier molecular flexibility index (Phi) is 7.83. The fraction of sp³-hybridized carbons (Fsp3) is 0.923. The summed E-state index contributed by atoms with van der Waals surface area (Å²) in [6.45, 7) is 8.26. The first-order chi connectivity index (χ1) is 6.57. The summed E-state index contributed by atoms with van der Waals surface area (Å²) in [6.07, 6.45) is 7.71. The summed E-state index contributed by atoms with van der Waals surface area (Å²) < 4.78 is 0. The van der Waals surface area contributed by atoms with Crippen molar-refractivity contribution in [2.75, 3.05) is 0 Å². The van der Waals surface area contributed by atoms with Crippen LogP contribution >= 0.6 is 0 Å². The molecule has 0 aromatic heterocycles. The third-order valence-electron chi connectivity index (χ3n) is 3.00. The molecule has 0 bridgehead atoms. The number of unbranched alkanes of at least 4 members (excludes halogenated alkanes) is 3. The molecule has 0 N–H and O–H groups in total. The maximum Gasteiger partial charge on any atom is 0.132 e. The molecule has 1 heteroatoms. The Balaban J connectivity index is 3.45. The Hall–Kier alpha value is -0.330. The average molecular weight is 198 g/mol. The highest BCUT2D eigenvalue weighted by Crippen LogP contribution is 2.18. The minimum Gasteiger partial charge on any atom is -0.300 e. The highest BCUT2D eigenvalue weighted by molar-refractivity contribution is 5.77. The largest absolute Gasteiger partial charge is 0.300 e. The predicted octanol–water partition coefficient (Wildman–Crippen LogP) is 4.21. The van der Waals surface area contributed by atoms with E-state index in [4.69, 9.17) is 0 Å². The summed E-state index contributed by atoms with van der Waals surface area (Å²) in [7, 11) is 0. The van der Waals surface area contributed by atoms with Gasteiger partial charge in [-0.15, -0.1) is 0 Å². The van der Waals surface area contributed by atoms with Gasteiger partial charge in [-0.05, 0) is 19.3 Å². The van der Waals surface area contributed by atoms with Gasteiger partial charge >= 0.3 is 0 Å². The van der Waals surface area contributed by atoms with E-state index in [-0.39, 0.29) is 5.92 Å². The molecular weight excluding hydrogens is 172 g/mol. The summed E-state index contributed by atoms with van der Waals surface area (Å²) in [5, 5.41) is 0. The maximum atomic E-state index is 11.1. The van der Waals surface area contributed by atoms with Crippen LogP contribution in [0.1, 0.15) is 66.2 Å². The van der Waals surface area contributed by atoms with Crippen molar-refractivity contribution >= 4 is 5.78 Å². The molecule has 0 rings (SSSR count). The monoisotopic (exact) mass is 198 g/mol. The van der Waals surface area contributed by atoms with E-state index in [9.17, 15) is 4.79 Å². The number of rotatable bonds is 8. The zero-order valence-electron chi connectivity index (χ0n) is 10.3. The Bertz CT molecular complexity index is 151. The van der Waals surface area contributed by atoms with Crippen molar-refractivity contribution in [3.8, 4) is 0 Å². The molecule has 2 unspecified atom stereocenters. The number of hydrogen-bond acceptors (Lipinski definition) is 1. The second-order valence-corrected chi connectivity index (χ2v) is 4.70. The molecule has 14 heavy (non-hydrogen) atoms. The molecule has 0 aromatic rings. The van der Waals surface area contributed by atoms with Crippen LogP contribution in [-0.2, 0) is 4.79 Å². The number of carbonyl (C=O) groups excluding carboxylic acids is 1. The SMILES string of the molecule is CCCCCCC(C)CC(C)C(C)=O. The molecule has 0 aliphatic rings. The van der Waals surface area contributed by atoms with Crippen molar-refractivity contribution in [3.63, 3.8) is 0 Å². The number of hydrogen-bond donors (Lipinski definition) is 0. The summed E-state index contributed by atoms with van der Waals surface area (Å²) in [5.74, 6) is 1.31. The van der Waals surface area contributed by atoms with Crippen LogP contribution in [0.2, 0.25) is 0 Å². The van der Waals surface area contributed by atoms with E-state index in [1.54, 1.807) is 6.92 Å². The fourth-order valence-electron chi connectivity index (χ4n) is 1.81. The van der Waals surface area contributed by atoms with Crippen LogP contribution < -0.4 is 0 Å². The lowest BCUT2D eigenvalue weighted by Gasteiger charge is -2.14. The van der Waals surface area contributed by atoms with Crippen LogP contribution in [-0.4, -0.2) is 5.78 Å². The molecule has 0 fully saturated rings. The van der Waals surface area contributed by atoms with Crippen molar-refractivity contribution < 1.29 is 4.79 Å². The summed E-state index contributed by atoms with van der Waals surface area (Å²) in [4.78, 5) is 11.1. The summed E-state index contributed by atoms with van der Waals surface area (Å²) >= 11 is 0. The normalized spacial score (nSPS) is 15.1. The van der Waals surface area contributed by atoms with E-state index in [1.165, 1.54) is 32.1 Å². The van der Waals surface area contributed by atoms with E-state index in [1.807, 2.05) is 6.92 Å². The number of ketones is 1. The van der Waals surface area contributed by atoms with Gasteiger partial charge in [0.25, 0.3) is 0 Å². The molecule has 0 spiro atoms. The first-order valence-corrected chi connectivity index (χ1v) is 6.08. The van der Waals surface area contributed by atoms with Gasteiger partial charge < -0.3 is 0 Å². The zero-order chi connectivity index (χ0) is 11.0. The van der Waals surface area contributed by atoms with Gasteiger partial charge in [0.2, 0.25) is 0 Å². The van der Waals surface area contributed by atoms with Crippen molar-refractivity contribution in [2.45, 2.75) is 66.2 Å². The third-order valence-corrected chi connectivity index (χ3v) is 3.00. The first kappa shape index (κ1) is 13.7. The molecule has 0 heterocycles. The van der Waals surface area contributed by atoms with Crippen molar-refractivity contribution in [3.05, 3.63) is 0 Å². The Morgan fingerprint density at radius 2 is 1.79 bits per heavy atom. The van der Waals surface area contributed by atoms with Crippen molar-refractivity contribution in [1.29, 1.82) is 0 Å². The van der Waals surface area contributed by atoms with Crippen LogP contribution in [0, 0.1) is 11.8 Å². The average Bonchev–Trinajstić information content (AvgIpc) is 2.12. The van der Waals surface area contributed by atoms with E-state index >= 15 is 0 Å². The van der Waals surface area contributed by atoms with E-state index in [0.717, 1.165) is 6.42 Å². The topological polar surface area (TPSA) is 17.1 Å². The molecule has 2 atom stereocenters. The molecular formula is C13H26O. The molecule has 0 aliphatic carbocycles. The van der Waals surface area contributed by atoms with E-state index in [0.29, 0.717) is 11.7 Å². The van der Waals surface area contributed by atoms with Crippen LogP contribution in [0.15, 0.2) is 0 Å². The molecule has 0 radical (unpaired) electrons. The van der Waals surface area contributed by atoms with E-state index < -0.39 is 0 Å². The van der Waals surface area contributed by atoms with Gasteiger partial charge in [-0.3, -0.25) is 4.79 Å². The van der Waals surface area contributed by atoms with Crippen LogP contribution in [0.3, 0.4) is 0 Å². The lowest BCUT2D eigenvalue weighted by molar-refractivity contribution is -0.120. The Labute approximate surface area is 89.3 Å². The van der Waals surface area contributed by atoms with Crippen LogP contribution in [0.25, 0.3) is 0 Å². The number of carbonyl (C=O) groups is 1. The highest BCUT2D eigenvalue weighted by Gasteiger charge is 2.11. The molecule has 0 aromatic carbocycles. The minimum absolute atomic E-state index is 0.260. The fourth-order valence-corrected chi connectivity index (χ4v) is 1.81. The lowest BCUT2D eigenvalue weighted by atomic mass is 9.91. The lowest BCUT2D eigenvalue weighted by Crippen LogP contribution is -2.10. The second-order valence-electron chi connectivity index (χ2n) is 4.70. The molecule has 0 saturated heterocycles. The van der Waals surface area contributed by atoms with Crippen molar-refractivity contribution in [2.24, 2.45) is 11.8 Å². The van der Waals surface area contributed by atoms with Gasteiger partial charge in [-0.1, -0.05) is 52.9 Å². The molecule has 0 amide bonds. The third kappa shape index (κ3) is 7.11. The molecule has 84 valence electrons. The summed E-state index contributed by atoms with van der Waals surface area (Å²) in [5.41, 5.74) is 0. The van der Waals surface area contributed by atoms with Gasteiger partial charge in [0.15, 0.2) is 0 Å². The smallest absolute Gasteiger partial charge is 0.132 e. The number of Topliss-reactive ketones (excluding diaryl/α,β-unsaturated/α-hetero) is 1.